The highest BCUT2D eigenvalue weighted by Crippen LogP contribution is 2.43. The summed E-state index contributed by atoms with van der Waals surface area (Å²) in [5.41, 5.74) is 0.865. The molecule has 0 aliphatic heterocycles. The van der Waals surface area contributed by atoms with E-state index in [4.69, 9.17) is 28.0 Å². The van der Waals surface area contributed by atoms with Crippen LogP contribution in [-0.4, -0.2) is 52.0 Å². The minimum atomic E-state index is -3.76. The van der Waals surface area contributed by atoms with Gasteiger partial charge in [0.1, 0.15) is 13.2 Å². The fourth-order valence-corrected chi connectivity index (χ4v) is 3.19. The van der Waals surface area contributed by atoms with Gasteiger partial charge in [-0.05, 0) is 18.4 Å². The largest absolute Gasteiger partial charge is 0.508 e. The molecule has 10 nitrogen and oxygen atoms in total. The van der Waals surface area contributed by atoms with Crippen LogP contribution < -0.4 is 5.09 Å². The van der Waals surface area contributed by atoms with Crippen molar-refractivity contribution in [1.82, 2.24) is 5.09 Å². The quantitative estimate of drug-likeness (QED) is 0.240. The smallest absolute Gasteiger partial charge is 0.434 e. The van der Waals surface area contributed by atoms with Crippen molar-refractivity contribution in [3.8, 4) is 0 Å². The molecule has 1 N–H and O–H groups in total. The highest BCUT2D eigenvalue weighted by Gasteiger charge is 2.25. The Morgan fingerprint density at radius 3 is 1.70 bits per heavy atom. The summed E-state index contributed by atoms with van der Waals surface area (Å²) in [6.07, 6.45) is -0.307. The summed E-state index contributed by atoms with van der Waals surface area (Å²) in [6.45, 7) is 3.74. The molecule has 0 radical (unpaired) electrons. The first-order valence-electron chi connectivity index (χ1n) is 9.76. The van der Waals surface area contributed by atoms with Gasteiger partial charge < -0.3 is 18.9 Å². The van der Waals surface area contributed by atoms with Crippen LogP contribution in [0.4, 0.5) is 9.59 Å². The number of rotatable bonds is 15. The Bertz CT molecular complexity index is 625. The molecule has 0 aliphatic rings. The van der Waals surface area contributed by atoms with Crippen LogP contribution in [0, 0.1) is 0 Å². The van der Waals surface area contributed by atoms with Crippen LogP contribution in [0.3, 0.4) is 0 Å². The molecule has 1 aromatic rings. The fraction of sp³-hybridized carbons (Fsp3) is 0.579. The third kappa shape index (κ3) is 12.4. The molecule has 170 valence electrons. The third-order valence-corrected chi connectivity index (χ3v) is 4.89. The van der Waals surface area contributed by atoms with Crippen molar-refractivity contribution < 1.29 is 42.1 Å². The average molecular weight is 447 g/mol. The molecule has 11 heteroatoms. The number of benzene rings is 1. The van der Waals surface area contributed by atoms with Crippen LogP contribution >= 0.6 is 7.75 Å². The van der Waals surface area contributed by atoms with Gasteiger partial charge in [0.05, 0.1) is 26.4 Å². The van der Waals surface area contributed by atoms with E-state index in [1.54, 1.807) is 0 Å². The third-order valence-electron chi connectivity index (χ3n) is 3.30. The van der Waals surface area contributed by atoms with Gasteiger partial charge in [-0.2, -0.15) is 0 Å². The molecule has 0 amide bonds. The van der Waals surface area contributed by atoms with E-state index in [1.807, 2.05) is 44.2 Å². The van der Waals surface area contributed by atoms with Crippen LogP contribution in [0.15, 0.2) is 30.3 Å². The summed E-state index contributed by atoms with van der Waals surface area (Å²) in [5.74, 6) is 0. The second-order valence-electron chi connectivity index (χ2n) is 5.88. The van der Waals surface area contributed by atoms with Gasteiger partial charge in [-0.3, -0.25) is 9.05 Å². The summed E-state index contributed by atoms with van der Waals surface area (Å²) in [6, 6.07) is 9.23. The zero-order valence-corrected chi connectivity index (χ0v) is 18.3. The first-order valence-corrected chi connectivity index (χ1v) is 11.3. The molecule has 0 spiro atoms. The van der Waals surface area contributed by atoms with E-state index >= 15 is 0 Å². The van der Waals surface area contributed by atoms with E-state index in [0.717, 1.165) is 5.56 Å². The summed E-state index contributed by atoms with van der Waals surface area (Å²) >= 11 is 0. The number of carbonyl (C=O) groups is 2. The lowest BCUT2D eigenvalue weighted by molar-refractivity contribution is 0.0374. The molecule has 0 bridgehead atoms. The number of ether oxygens (including phenoxy) is 4. The van der Waals surface area contributed by atoms with Gasteiger partial charge in [0.15, 0.2) is 0 Å². The Labute approximate surface area is 176 Å². The van der Waals surface area contributed by atoms with Crippen molar-refractivity contribution in [3.63, 3.8) is 0 Å². The van der Waals surface area contributed by atoms with E-state index in [2.05, 4.69) is 5.09 Å². The molecule has 0 atom stereocenters. The predicted octanol–water partition coefficient (Wildman–Crippen LogP) is 4.04. The van der Waals surface area contributed by atoms with Crippen molar-refractivity contribution in [2.45, 2.75) is 33.2 Å². The first kappa shape index (κ1) is 25.9. The Hall–Kier alpha value is -2.13. The van der Waals surface area contributed by atoms with Crippen LogP contribution in [-0.2, 0) is 39.1 Å². The predicted molar refractivity (Wildman–Crippen MR) is 108 cm³/mol. The van der Waals surface area contributed by atoms with Crippen molar-refractivity contribution in [3.05, 3.63) is 35.9 Å². The van der Waals surface area contributed by atoms with Gasteiger partial charge in [0.2, 0.25) is 0 Å². The van der Waals surface area contributed by atoms with Gasteiger partial charge in [0.25, 0.3) is 0 Å². The molecule has 1 aromatic carbocycles. The monoisotopic (exact) mass is 447 g/mol. The molecule has 0 unspecified atom stereocenters. The molecular formula is C19H30NO9P. The number of nitrogens with one attached hydrogen (secondary N) is 1. The van der Waals surface area contributed by atoms with Crippen molar-refractivity contribution >= 4 is 20.1 Å². The van der Waals surface area contributed by atoms with Crippen LogP contribution in [0.5, 0.6) is 0 Å². The van der Waals surface area contributed by atoms with Gasteiger partial charge in [-0.15, -0.1) is 0 Å². The number of hydrogen-bond donors (Lipinski definition) is 1. The summed E-state index contributed by atoms with van der Waals surface area (Å²) < 4.78 is 42.7. The maximum atomic E-state index is 12.9. The minimum Gasteiger partial charge on any atom is -0.434 e. The van der Waals surface area contributed by atoms with Gasteiger partial charge >= 0.3 is 20.1 Å². The Balaban J connectivity index is 2.46. The average Bonchev–Trinajstić information content (AvgIpc) is 2.76. The van der Waals surface area contributed by atoms with Crippen LogP contribution in [0.1, 0.15) is 32.3 Å². The summed E-state index contributed by atoms with van der Waals surface area (Å²) in [7, 11) is -3.76. The van der Waals surface area contributed by atoms with Crippen LogP contribution in [0.2, 0.25) is 0 Å². The molecule has 0 fully saturated rings. The zero-order chi connectivity index (χ0) is 22.1. The van der Waals surface area contributed by atoms with Gasteiger partial charge in [-0.25, -0.2) is 19.2 Å². The number of carbonyl (C=O) groups excluding carboxylic acids is 2. The van der Waals surface area contributed by atoms with Crippen molar-refractivity contribution in [1.29, 1.82) is 0 Å². The van der Waals surface area contributed by atoms with E-state index in [-0.39, 0.29) is 46.2 Å². The fourth-order valence-electron chi connectivity index (χ4n) is 1.93. The summed E-state index contributed by atoms with van der Waals surface area (Å²) in [4.78, 5) is 22.6. The standard InChI is InChI=1S/C19H30NO9P/c1-3-10-24-18(21)26-12-14-28-30(23,20-16-17-8-6-5-7-9-17)29-15-13-27-19(22)25-11-4-2/h5-9H,3-4,10-16H2,1-2H3,(H,20,23). The van der Waals surface area contributed by atoms with Crippen molar-refractivity contribution in [2.75, 3.05) is 39.6 Å². The SMILES string of the molecule is CCCOC(=O)OCCOP(=O)(NCc1ccccc1)OCCOC(=O)OCCC. The maximum Gasteiger partial charge on any atom is 0.508 e. The Morgan fingerprint density at radius 2 is 1.23 bits per heavy atom. The maximum absolute atomic E-state index is 12.9. The second-order valence-corrected chi connectivity index (χ2v) is 7.71. The molecule has 0 saturated carbocycles. The molecule has 0 heterocycles. The van der Waals surface area contributed by atoms with Gasteiger partial charge in [0, 0.05) is 6.54 Å². The first-order chi connectivity index (χ1) is 14.5. The van der Waals surface area contributed by atoms with E-state index in [9.17, 15) is 14.2 Å². The van der Waals surface area contributed by atoms with E-state index < -0.39 is 20.1 Å². The van der Waals surface area contributed by atoms with E-state index in [1.165, 1.54) is 0 Å². The lowest BCUT2D eigenvalue weighted by Gasteiger charge is -2.19. The highest BCUT2D eigenvalue weighted by molar-refractivity contribution is 7.51. The Morgan fingerprint density at radius 1 is 0.767 bits per heavy atom. The molecule has 1 rings (SSSR count). The van der Waals surface area contributed by atoms with E-state index in [0.29, 0.717) is 12.8 Å². The molecule has 30 heavy (non-hydrogen) atoms. The zero-order valence-electron chi connectivity index (χ0n) is 17.4. The molecule has 0 aromatic heterocycles. The topological polar surface area (TPSA) is 119 Å². The lowest BCUT2D eigenvalue weighted by atomic mass is 10.2. The number of hydrogen-bond acceptors (Lipinski definition) is 9. The Kier molecular flexibility index (Phi) is 13.5. The summed E-state index contributed by atoms with van der Waals surface area (Å²) in [5, 5.41) is 2.72. The highest BCUT2D eigenvalue weighted by atomic mass is 31.2. The molecule has 0 aliphatic carbocycles. The lowest BCUT2D eigenvalue weighted by Crippen LogP contribution is -2.20. The second kappa shape index (κ2) is 15.7. The molecule has 0 saturated heterocycles. The van der Waals surface area contributed by atoms with Gasteiger partial charge in [-0.1, -0.05) is 44.2 Å². The molecular weight excluding hydrogens is 417 g/mol. The minimum absolute atomic E-state index is 0.164. The van der Waals surface area contributed by atoms with Crippen molar-refractivity contribution in [2.24, 2.45) is 0 Å². The normalized spacial score (nSPS) is 11.0. The van der Waals surface area contributed by atoms with Crippen LogP contribution in [0.25, 0.3) is 0 Å².